The molecule has 0 radical (unpaired) electrons. The molecule has 4 nitrogen and oxygen atoms in total. The zero-order valence-corrected chi connectivity index (χ0v) is 13.7. The Morgan fingerprint density at radius 1 is 1.21 bits per heavy atom. The Morgan fingerprint density at radius 2 is 2.00 bits per heavy atom. The minimum atomic E-state index is -0.506. The summed E-state index contributed by atoms with van der Waals surface area (Å²) in [6, 6.07) is 8.70. The van der Waals surface area contributed by atoms with E-state index in [9.17, 15) is 14.3 Å². The van der Waals surface area contributed by atoms with Gasteiger partial charge < -0.3 is 14.8 Å². The molecule has 0 amide bonds. The average molecular weight is 348 g/mol. The quantitative estimate of drug-likeness (QED) is 0.684. The van der Waals surface area contributed by atoms with E-state index in [4.69, 9.17) is 16.0 Å². The van der Waals surface area contributed by atoms with Crippen LogP contribution in [0.2, 0.25) is 5.02 Å². The average Bonchev–Trinajstić information content (AvgIpc) is 2.53. The van der Waals surface area contributed by atoms with Crippen molar-refractivity contribution in [3.8, 4) is 5.75 Å². The van der Waals surface area contributed by atoms with E-state index in [1.54, 1.807) is 6.07 Å². The molecule has 24 heavy (non-hydrogen) atoms. The third-order valence-electron chi connectivity index (χ3n) is 3.81. The molecule has 0 saturated heterocycles. The van der Waals surface area contributed by atoms with Gasteiger partial charge in [0.2, 0.25) is 0 Å². The van der Waals surface area contributed by atoms with Crippen LogP contribution in [-0.4, -0.2) is 5.11 Å². The highest BCUT2D eigenvalue weighted by molar-refractivity contribution is 6.33. The number of aromatic hydroxyl groups is 1. The summed E-state index contributed by atoms with van der Waals surface area (Å²) < 4.78 is 18.3. The molecule has 3 rings (SSSR count). The zero-order valence-electron chi connectivity index (χ0n) is 12.9. The second-order valence-corrected chi connectivity index (χ2v) is 5.81. The standard InChI is InChI=1S/C18H15ClFNO3/c1-2-10-5-13-11(6-18(23)24-17(13)8-16(10)22)9-21-15-4-3-12(20)7-14(15)19/h3-8,21-22H,2,9H2,1H3. The van der Waals surface area contributed by atoms with Crippen molar-refractivity contribution in [2.24, 2.45) is 0 Å². The molecule has 2 N–H and O–H groups in total. The molecular weight excluding hydrogens is 333 g/mol. The first-order valence-corrected chi connectivity index (χ1v) is 7.83. The topological polar surface area (TPSA) is 62.5 Å². The van der Waals surface area contributed by atoms with Crippen LogP contribution in [0.25, 0.3) is 11.0 Å². The number of anilines is 1. The van der Waals surface area contributed by atoms with Crippen LogP contribution < -0.4 is 10.9 Å². The first-order chi connectivity index (χ1) is 11.5. The summed E-state index contributed by atoms with van der Waals surface area (Å²) in [4.78, 5) is 11.7. The first-order valence-electron chi connectivity index (χ1n) is 7.45. The third-order valence-corrected chi connectivity index (χ3v) is 4.12. The number of nitrogens with one attached hydrogen (secondary N) is 1. The number of phenolic OH excluding ortho intramolecular Hbond substituents is 1. The number of benzene rings is 2. The first kappa shape index (κ1) is 16.3. The van der Waals surface area contributed by atoms with Crippen molar-refractivity contribution in [3.63, 3.8) is 0 Å². The highest BCUT2D eigenvalue weighted by atomic mass is 35.5. The fraction of sp³-hybridized carbons (Fsp3) is 0.167. The predicted molar refractivity (Wildman–Crippen MR) is 92.3 cm³/mol. The molecule has 1 heterocycles. The predicted octanol–water partition coefficient (Wildman–Crippen LogP) is 4.47. The van der Waals surface area contributed by atoms with Crippen LogP contribution in [0.15, 0.2) is 45.6 Å². The molecule has 0 atom stereocenters. The summed E-state index contributed by atoms with van der Waals surface area (Å²) in [5.74, 6) is -0.320. The van der Waals surface area contributed by atoms with Crippen LogP contribution in [0.3, 0.4) is 0 Å². The second kappa shape index (κ2) is 6.53. The molecule has 3 aromatic rings. The Hall–Kier alpha value is -2.53. The summed E-state index contributed by atoms with van der Waals surface area (Å²) in [5, 5.41) is 14.0. The maximum atomic E-state index is 13.1. The molecule has 124 valence electrons. The van der Waals surface area contributed by atoms with Gasteiger partial charge in [0.05, 0.1) is 10.7 Å². The van der Waals surface area contributed by atoms with Gasteiger partial charge in [-0.15, -0.1) is 0 Å². The molecule has 1 aromatic heterocycles. The lowest BCUT2D eigenvalue weighted by atomic mass is 10.0. The van der Waals surface area contributed by atoms with Gasteiger partial charge in [-0.2, -0.15) is 0 Å². The number of rotatable bonds is 4. The zero-order chi connectivity index (χ0) is 17.3. The van der Waals surface area contributed by atoms with Gasteiger partial charge in [-0.25, -0.2) is 9.18 Å². The number of hydrogen-bond donors (Lipinski definition) is 2. The van der Waals surface area contributed by atoms with Gasteiger partial charge >= 0.3 is 5.63 Å². The molecule has 0 unspecified atom stereocenters. The third kappa shape index (κ3) is 3.21. The molecule has 0 saturated carbocycles. The lowest BCUT2D eigenvalue weighted by molar-refractivity contribution is 0.466. The summed E-state index contributed by atoms with van der Waals surface area (Å²) in [7, 11) is 0. The smallest absolute Gasteiger partial charge is 0.336 e. The van der Waals surface area contributed by atoms with Crippen molar-refractivity contribution in [1.82, 2.24) is 0 Å². The monoisotopic (exact) mass is 347 g/mol. The molecule has 2 aromatic carbocycles. The highest BCUT2D eigenvalue weighted by Crippen LogP contribution is 2.28. The number of aryl methyl sites for hydroxylation is 1. The van der Waals surface area contributed by atoms with Gasteiger partial charge in [0.15, 0.2) is 0 Å². The Kier molecular flexibility index (Phi) is 4.44. The maximum Gasteiger partial charge on any atom is 0.336 e. The van der Waals surface area contributed by atoms with Crippen molar-refractivity contribution < 1.29 is 13.9 Å². The molecule has 0 aliphatic carbocycles. The normalized spacial score (nSPS) is 11.0. The van der Waals surface area contributed by atoms with Gasteiger partial charge in [-0.05, 0) is 41.8 Å². The van der Waals surface area contributed by atoms with Gasteiger partial charge in [-0.1, -0.05) is 18.5 Å². The molecule has 0 bridgehead atoms. The Labute approximate surface area is 142 Å². The van der Waals surface area contributed by atoms with Gasteiger partial charge in [0, 0.05) is 24.1 Å². The molecule has 0 aliphatic heterocycles. The van der Waals surface area contributed by atoms with Crippen molar-refractivity contribution in [2.45, 2.75) is 19.9 Å². The fourth-order valence-corrected chi connectivity index (χ4v) is 2.79. The van der Waals surface area contributed by atoms with E-state index in [0.29, 0.717) is 29.8 Å². The Balaban J connectivity index is 2.00. The molecule has 0 aliphatic rings. The van der Waals surface area contributed by atoms with Crippen LogP contribution in [0.5, 0.6) is 5.75 Å². The van der Waals surface area contributed by atoms with E-state index in [-0.39, 0.29) is 10.8 Å². The number of halogens is 2. The summed E-state index contributed by atoms with van der Waals surface area (Å²) in [6.45, 7) is 2.23. The highest BCUT2D eigenvalue weighted by Gasteiger charge is 2.10. The minimum Gasteiger partial charge on any atom is -0.508 e. The number of fused-ring (bicyclic) bond motifs is 1. The molecular formula is C18H15ClFNO3. The molecule has 6 heteroatoms. The van der Waals surface area contributed by atoms with Gasteiger partial charge in [-0.3, -0.25) is 0 Å². The lowest BCUT2D eigenvalue weighted by Crippen LogP contribution is -2.06. The molecule has 0 spiro atoms. The minimum absolute atomic E-state index is 0.0971. The summed E-state index contributed by atoms with van der Waals surface area (Å²) in [6.07, 6.45) is 0.650. The van der Waals surface area contributed by atoms with Crippen LogP contribution in [0.4, 0.5) is 10.1 Å². The molecule has 0 fully saturated rings. The van der Waals surface area contributed by atoms with Crippen LogP contribution in [0.1, 0.15) is 18.1 Å². The van der Waals surface area contributed by atoms with Crippen molar-refractivity contribution >= 4 is 28.3 Å². The lowest BCUT2D eigenvalue weighted by Gasteiger charge is -2.11. The second-order valence-electron chi connectivity index (χ2n) is 5.40. The van der Waals surface area contributed by atoms with Crippen LogP contribution >= 0.6 is 11.6 Å². The van der Waals surface area contributed by atoms with Crippen molar-refractivity contribution in [3.05, 3.63) is 68.8 Å². The van der Waals surface area contributed by atoms with E-state index < -0.39 is 11.4 Å². The van der Waals surface area contributed by atoms with E-state index in [0.717, 1.165) is 10.9 Å². The van der Waals surface area contributed by atoms with Crippen molar-refractivity contribution in [2.75, 3.05) is 5.32 Å². The van der Waals surface area contributed by atoms with Gasteiger partial charge in [0.1, 0.15) is 17.1 Å². The van der Waals surface area contributed by atoms with E-state index in [2.05, 4.69) is 5.32 Å². The van der Waals surface area contributed by atoms with Crippen molar-refractivity contribution in [1.29, 1.82) is 0 Å². The Morgan fingerprint density at radius 3 is 2.71 bits per heavy atom. The van der Waals surface area contributed by atoms with E-state index in [1.165, 1.54) is 30.3 Å². The number of phenols is 1. The largest absolute Gasteiger partial charge is 0.508 e. The Bertz CT molecular complexity index is 968. The van der Waals surface area contributed by atoms with Crippen LogP contribution in [-0.2, 0) is 13.0 Å². The maximum absolute atomic E-state index is 13.1. The van der Waals surface area contributed by atoms with E-state index >= 15 is 0 Å². The number of hydrogen-bond acceptors (Lipinski definition) is 4. The fourth-order valence-electron chi connectivity index (χ4n) is 2.56. The van der Waals surface area contributed by atoms with E-state index in [1.807, 2.05) is 6.92 Å². The summed E-state index contributed by atoms with van der Waals surface area (Å²) >= 11 is 6.00. The summed E-state index contributed by atoms with van der Waals surface area (Å²) in [5.41, 5.74) is 1.84. The van der Waals surface area contributed by atoms with Crippen LogP contribution in [0, 0.1) is 5.82 Å². The van der Waals surface area contributed by atoms with Gasteiger partial charge in [0.25, 0.3) is 0 Å². The SMILES string of the molecule is CCc1cc2c(CNc3ccc(F)cc3Cl)cc(=O)oc2cc1O.